The van der Waals surface area contributed by atoms with Gasteiger partial charge in [0.25, 0.3) is 11.8 Å². The van der Waals surface area contributed by atoms with Crippen molar-refractivity contribution in [1.82, 2.24) is 10.6 Å². The third kappa shape index (κ3) is 5.30. The van der Waals surface area contributed by atoms with Crippen molar-refractivity contribution in [3.63, 3.8) is 0 Å². The number of likely N-dealkylation sites (N-methyl/N-ethyl adjacent to an activating group) is 1. The second-order valence-corrected chi connectivity index (χ2v) is 7.68. The van der Waals surface area contributed by atoms with Crippen molar-refractivity contribution in [2.45, 2.75) is 57.5 Å². The summed E-state index contributed by atoms with van der Waals surface area (Å²) in [6.07, 6.45) is 7.03. The lowest BCUT2D eigenvalue weighted by atomic mass is 9.89. The topological polar surface area (TPSA) is 62.6 Å². The van der Waals surface area contributed by atoms with E-state index in [4.69, 9.17) is 0 Å². The standard InChI is InChI=1S/C20H29N3O2/c1-14(16-8-7-15-5-3-4-6-17(15)11-16)21-19(24)12-23(2)13-20(25)22-18-9-10-18/h7-8,11,14,18H,3-6,9-10,12-13H2,1-2H3,(H,21,24)(H,22,25)/p+1/t14-/m0/s1. The molecular formula is C20H30N3O2+. The molecule has 0 spiro atoms. The second kappa shape index (κ2) is 8.00. The lowest BCUT2D eigenvalue weighted by Crippen LogP contribution is -3.11. The fraction of sp³-hybridized carbons (Fsp3) is 0.600. The van der Waals surface area contributed by atoms with Crippen LogP contribution in [0.1, 0.15) is 55.3 Å². The molecule has 136 valence electrons. The lowest BCUT2D eigenvalue weighted by molar-refractivity contribution is -0.862. The molecule has 1 saturated carbocycles. The number of amides is 2. The zero-order chi connectivity index (χ0) is 17.8. The minimum atomic E-state index is -0.0121. The molecule has 3 N–H and O–H groups in total. The quantitative estimate of drug-likeness (QED) is 0.676. The molecule has 1 aromatic rings. The van der Waals surface area contributed by atoms with Crippen LogP contribution >= 0.6 is 0 Å². The van der Waals surface area contributed by atoms with Gasteiger partial charge in [-0.1, -0.05) is 18.2 Å². The number of benzene rings is 1. The number of hydrogen-bond donors (Lipinski definition) is 3. The number of aryl methyl sites for hydroxylation is 2. The third-order valence-electron chi connectivity index (χ3n) is 5.12. The molecule has 0 aliphatic heterocycles. The average molecular weight is 344 g/mol. The molecule has 2 atom stereocenters. The van der Waals surface area contributed by atoms with Gasteiger partial charge in [0.05, 0.1) is 13.1 Å². The maximum absolute atomic E-state index is 12.3. The Morgan fingerprint density at radius 2 is 1.80 bits per heavy atom. The van der Waals surface area contributed by atoms with Crippen LogP contribution in [0.2, 0.25) is 0 Å². The van der Waals surface area contributed by atoms with Crippen LogP contribution in [0.25, 0.3) is 0 Å². The van der Waals surface area contributed by atoms with E-state index in [0.717, 1.165) is 29.7 Å². The Morgan fingerprint density at radius 1 is 1.12 bits per heavy atom. The summed E-state index contributed by atoms with van der Waals surface area (Å²) in [6.45, 7) is 2.68. The largest absolute Gasteiger partial charge is 0.348 e. The van der Waals surface area contributed by atoms with Gasteiger partial charge in [-0.2, -0.15) is 0 Å². The van der Waals surface area contributed by atoms with Crippen molar-refractivity contribution in [1.29, 1.82) is 0 Å². The Hall–Kier alpha value is -1.88. The van der Waals surface area contributed by atoms with Crippen LogP contribution in [-0.2, 0) is 22.4 Å². The number of nitrogens with one attached hydrogen (secondary N) is 3. The SMILES string of the molecule is C[C@H](NC(=O)C[NH+](C)CC(=O)NC1CC1)c1ccc2c(c1)CCCC2. The van der Waals surface area contributed by atoms with Crippen LogP contribution in [-0.4, -0.2) is 38.0 Å². The summed E-state index contributed by atoms with van der Waals surface area (Å²) < 4.78 is 0. The molecule has 0 saturated heterocycles. The molecule has 2 aliphatic rings. The van der Waals surface area contributed by atoms with E-state index in [9.17, 15) is 9.59 Å². The number of hydrogen-bond acceptors (Lipinski definition) is 2. The van der Waals surface area contributed by atoms with Gasteiger partial charge < -0.3 is 15.5 Å². The summed E-state index contributed by atoms with van der Waals surface area (Å²) in [4.78, 5) is 25.0. The van der Waals surface area contributed by atoms with E-state index in [1.54, 1.807) is 0 Å². The van der Waals surface area contributed by atoms with Crippen molar-refractivity contribution in [2.75, 3.05) is 20.1 Å². The van der Waals surface area contributed by atoms with Crippen LogP contribution in [0.4, 0.5) is 0 Å². The Kier molecular flexibility index (Phi) is 5.74. The molecule has 2 aliphatic carbocycles. The van der Waals surface area contributed by atoms with Crippen molar-refractivity contribution < 1.29 is 14.5 Å². The molecule has 1 aromatic carbocycles. The first kappa shape index (κ1) is 17.9. The summed E-state index contributed by atoms with van der Waals surface area (Å²) in [6, 6.07) is 6.96. The molecule has 5 nitrogen and oxygen atoms in total. The maximum atomic E-state index is 12.3. The molecule has 1 fully saturated rings. The first-order valence-electron chi connectivity index (χ1n) is 9.53. The summed E-state index contributed by atoms with van der Waals surface area (Å²) in [5.74, 6) is 0.0254. The monoisotopic (exact) mass is 344 g/mol. The number of rotatable bonds is 7. The summed E-state index contributed by atoms with van der Waals surface area (Å²) in [5.41, 5.74) is 4.06. The Labute approximate surface area is 150 Å². The number of fused-ring (bicyclic) bond motifs is 1. The second-order valence-electron chi connectivity index (χ2n) is 7.68. The molecule has 1 unspecified atom stereocenters. The fourth-order valence-corrected chi connectivity index (χ4v) is 3.52. The van der Waals surface area contributed by atoms with E-state index in [2.05, 4.69) is 28.8 Å². The van der Waals surface area contributed by atoms with Gasteiger partial charge in [0.1, 0.15) is 0 Å². The molecular weight excluding hydrogens is 314 g/mol. The van der Waals surface area contributed by atoms with Gasteiger partial charge in [-0.3, -0.25) is 9.59 Å². The number of carbonyl (C=O) groups is 2. The molecule has 0 heterocycles. The summed E-state index contributed by atoms with van der Waals surface area (Å²) >= 11 is 0. The van der Waals surface area contributed by atoms with Crippen molar-refractivity contribution in [3.05, 3.63) is 34.9 Å². The van der Waals surface area contributed by atoms with Gasteiger partial charge in [-0.05, 0) is 62.1 Å². The maximum Gasteiger partial charge on any atom is 0.275 e. The average Bonchev–Trinajstić information content (AvgIpc) is 3.37. The van der Waals surface area contributed by atoms with Crippen LogP contribution < -0.4 is 15.5 Å². The Morgan fingerprint density at radius 3 is 2.52 bits per heavy atom. The number of carbonyl (C=O) groups excluding carboxylic acids is 2. The van der Waals surface area contributed by atoms with Gasteiger partial charge >= 0.3 is 0 Å². The molecule has 0 radical (unpaired) electrons. The fourth-order valence-electron chi connectivity index (χ4n) is 3.52. The summed E-state index contributed by atoms with van der Waals surface area (Å²) in [5, 5.41) is 6.03. The molecule has 3 rings (SSSR count). The first-order chi connectivity index (χ1) is 12.0. The van der Waals surface area contributed by atoms with Gasteiger partial charge in [-0.25, -0.2) is 0 Å². The zero-order valence-electron chi connectivity index (χ0n) is 15.4. The van der Waals surface area contributed by atoms with Gasteiger partial charge in [0, 0.05) is 6.04 Å². The van der Waals surface area contributed by atoms with Crippen LogP contribution in [0.5, 0.6) is 0 Å². The molecule has 5 heteroatoms. The van der Waals surface area contributed by atoms with Gasteiger partial charge in [0.2, 0.25) is 0 Å². The zero-order valence-corrected chi connectivity index (χ0v) is 15.4. The van der Waals surface area contributed by atoms with Crippen molar-refractivity contribution in [3.8, 4) is 0 Å². The minimum absolute atomic E-state index is 0.00665. The van der Waals surface area contributed by atoms with E-state index in [-0.39, 0.29) is 17.9 Å². The highest BCUT2D eigenvalue weighted by Gasteiger charge is 2.25. The number of quaternary nitrogens is 1. The van der Waals surface area contributed by atoms with E-state index in [0.29, 0.717) is 19.1 Å². The predicted octanol–water partition coefficient (Wildman–Crippen LogP) is 0.536. The van der Waals surface area contributed by atoms with Crippen molar-refractivity contribution in [2.24, 2.45) is 0 Å². The van der Waals surface area contributed by atoms with E-state index >= 15 is 0 Å². The smallest absolute Gasteiger partial charge is 0.275 e. The highest BCUT2D eigenvalue weighted by molar-refractivity contribution is 5.79. The normalized spacial score (nSPS) is 18.8. The van der Waals surface area contributed by atoms with Crippen LogP contribution in [0.3, 0.4) is 0 Å². The van der Waals surface area contributed by atoms with Gasteiger partial charge in [-0.15, -0.1) is 0 Å². The van der Waals surface area contributed by atoms with Crippen LogP contribution in [0.15, 0.2) is 18.2 Å². The Bertz CT molecular complexity index is 640. The Balaban J connectivity index is 1.47. The van der Waals surface area contributed by atoms with Crippen LogP contribution in [0, 0.1) is 0 Å². The van der Waals surface area contributed by atoms with E-state index in [1.165, 1.54) is 30.4 Å². The molecule has 2 amide bonds. The predicted molar refractivity (Wildman–Crippen MR) is 97.4 cm³/mol. The highest BCUT2D eigenvalue weighted by atomic mass is 16.2. The first-order valence-corrected chi connectivity index (χ1v) is 9.53. The summed E-state index contributed by atoms with van der Waals surface area (Å²) in [7, 11) is 1.88. The molecule has 0 aromatic heterocycles. The van der Waals surface area contributed by atoms with E-state index in [1.807, 2.05) is 14.0 Å². The van der Waals surface area contributed by atoms with E-state index < -0.39 is 0 Å². The lowest BCUT2D eigenvalue weighted by Gasteiger charge is -2.20. The van der Waals surface area contributed by atoms with Gasteiger partial charge in [0.15, 0.2) is 13.1 Å². The highest BCUT2D eigenvalue weighted by Crippen LogP contribution is 2.24. The minimum Gasteiger partial charge on any atom is -0.348 e. The third-order valence-corrected chi connectivity index (χ3v) is 5.12. The molecule has 0 bridgehead atoms. The molecule has 25 heavy (non-hydrogen) atoms. The van der Waals surface area contributed by atoms with Crippen molar-refractivity contribution >= 4 is 11.8 Å².